The number of nitrogens with zero attached hydrogens (tertiary/aromatic N) is 2. The second kappa shape index (κ2) is 4.80. The molecule has 0 fully saturated rings. The molecule has 0 bridgehead atoms. The fraction of sp³-hybridized carbons (Fsp3) is 0. The summed E-state index contributed by atoms with van der Waals surface area (Å²) < 4.78 is 7.01. The van der Waals surface area contributed by atoms with Crippen LogP contribution >= 0.6 is 31.9 Å². The van der Waals surface area contributed by atoms with Crippen molar-refractivity contribution in [3.8, 4) is 11.8 Å². The van der Waals surface area contributed by atoms with Gasteiger partial charge in [-0.2, -0.15) is 9.97 Å². The van der Waals surface area contributed by atoms with Gasteiger partial charge in [0.1, 0.15) is 16.2 Å². The van der Waals surface area contributed by atoms with E-state index >= 15 is 0 Å². The first-order valence-electron chi connectivity index (χ1n) is 4.37. The minimum atomic E-state index is 0.217. The van der Waals surface area contributed by atoms with E-state index in [9.17, 15) is 0 Å². The number of nitrogen functional groups attached to an aromatic ring is 1. The SMILES string of the molecule is Nc1cc(Br)nc(Oc2ccc(Br)cc2)n1. The number of aromatic nitrogens is 2. The molecule has 0 aliphatic heterocycles. The van der Waals surface area contributed by atoms with Crippen molar-refractivity contribution in [2.45, 2.75) is 0 Å². The van der Waals surface area contributed by atoms with Crippen LogP contribution in [0.5, 0.6) is 11.8 Å². The van der Waals surface area contributed by atoms with Gasteiger partial charge in [0.05, 0.1) is 0 Å². The molecule has 2 N–H and O–H groups in total. The summed E-state index contributed by atoms with van der Waals surface area (Å²) in [6, 6.07) is 9.19. The average molecular weight is 345 g/mol. The van der Waals surface area contributed by atoms with Crippen molar-refractivity contribution in [1.29, 1.82) is 0 Å². The highest BCUT2D eigenvalue weighted by Crippen LogP contribution is 2.22. The Kier molecular flexibility index (Phi) is 3.40. The predicted octanol–water partition coefficient (Wildman–Crippen LogP) is 3.38. The largest absolute Gasteiger partial charge is 0.424 e. The summed E-state index contributed by atoms with van der Waals surface area (Å²) in [5.74, 6) is 1.01. The van der Waals surface area contributed by atoms with Gasteiger partial charge in [-0.25, -0.2) is 0 Å². The summed E-state index contributed by atoms with van der Waals surface area (Å²) in [7, 11) is 0. The van der Waals surface area contributed by atoms with E-state index in [0.29, 0.717) is 16.2 Å². The van der Waals surface area contributed by atoms with Crippen molar-refractivity contribution in [1.82, 2.24) is 9.97 Å². The Bertz CT molecular complexity index is 482. The molecule has 0 unspecified atom stereocenters. The van der Waals surface area contributed by atoms with E-state index in [1.807, 2.05) is 24.3 Å². The molecule has 1 aromatic carbocycles. The van der Waals surface area contributed by atoms with E-state index in [2.05, 4.69) is 41.8 Å². The lowest BCUT2D eigenvalue weighted by Gasteiger charge is -2.04. The third kappa shape index (κ3) is 2.93. The minimum absolute atomic E-state index is 0.217. The normalized spacial score (nSPS) is 10.1. The minimum Gasteiger partial charge on any atom is -0.424 e. The quantitative estimate of drug-likeness (QED) is 0.848. The van der Waals surface area contributed by atoms with Crippen LogP contribution in [-0.4, -0.2) is 9.97 Å². The Morgan fingerprint density at radius 3 is 2.38 bits per heavy atom. The molecule has 6 heteroatoms. The molecule has 0 aliphatic carbocycles. The van der Waals surface area contributed by atoms with Crippen molar-refractivity contribution < 1.29 is 4.74 Å². The lowest BCUT2D eigenvalue weighted by molar-refractivity contribution is 0.441. The van der Waals surface area contributed by atoms with Gasteiger partial charge < -0.3 is 10.5 Å². The van der Waals surface area contributed by atoms with Crippen LogP contribution in [0, 0.1) is 0 Å². The molecular weight excluding hydrogens is 338 g/mol. The van der Waals surface area contributed by atoms with Crippen molar-refractivity contribution >= 4 is 37.7 Å². The van der Waals surface area contributed by atoms with E-state index in [1.54, 1.807) is 6.07 Å². The third-order valence-electron chi connectivity index (χ3n) is 1.72. The Labute approximate surface area is 109 Å². The van der Waals surface area contributed by atoms with Gasteiger partial charge in [0.25, 0.3) is 0 Å². The van der Waals surface area contributed by atoms with Gasteiger partial charge in [0, 0.05) is 10.5 Å². The van der Waals surface area contributed by atoms with E-state index in [0.717, 1.165) is 4.47 Å². The summed E-state index contributed by atoms with van der Waals surface area (Å²) in [5, 5.41) is 0. The van der Waals surface area contributed by atoms with Crippen LogP contribution in [0.3, 0.4) is 0 Å². The van der Waals surface area contributed by atoms with Crippen LogP contribution in [0.1, 0.15) is 0 Å². The zero-order valence-corrected chi connectivity index (χ0v) is 11.2. The van der Waals surface area contributed by atoms with Crippen LogP contribution in [0.4, 0.5) is 5.82 Å². The number of hydrogen-bond donors (Lipinski definition) is 1. The van der Waals surface area contributed by atoms with Gasteiger partial charge >= 0.3 is 6.01 Å². The van der Waals surface area contributed by atoms with Crippen LogP contribution in [0.2, 0.25) is 0 Å². The first-order valence-corrected chi connectivity index (χ1v) is 5.95. The molecule has 16 heavy (non-hydrogen) atoms. The fourth-order valence-corrected chi connectivity index (χ4v) is 1.72. The molecular formula is C10H7Br2N3O. The Hall–Kier alpha value is -1.14. The molecule has 1 heterocycles. The highest BCUT2D eigenvalue weighted by Gasteiger charge is 2.03. The summed E-state index contributed by atoms with van der Waals surface area (Å²) in [6.07, 6.45) is 0. The zero-order chi connectivity index (χ0) is 11.5. The summed E-state index contributed by atoms with van der Waals surface area (Å²) >= 11 is 6.56. The monoisotopic (exact) mass is 343 g/mol. The topological polar surface area (TPSA) is 61.0 Å². The standard InChI is InChI=1S/C10H7Br2N3O/c11-6-1-3-7(4-2-6)16-10-14-8(12)5-9(13)15-10/h1-5H,(H2,13,14,15). The van der Waals surface area contributed by atoms with E-state index in [-0.39, 0.29) is 6.01 Å². The van der Waals surface area contributed by atoms with Gasteiger partial charge in [-0.3, -0.25) is 0 Å². The molecule has 0 saturated carbocycles. The van der Waals surface area contributed by atoms with E-state index in [1.165, 1.54) is 0 Å². The second-order valence-electron chi connectivity index (χ2n) is 2.95. The first-order chi connectivity index (χ1) is 7.63. The number of ether oxygens (including phenoxy) is 1. The lowest BCUT2D eigenvalue weighted by Crippen LogP contribution is -1.96. The summed E-state index contributed by atoms with van der Waals surface area (Å²) in [6.45, 7) is 0. The van der Waals surface area contributed by atoms with Gasteiger partial charge in [-0.1, -0.05) is 15.9 Å². The molecule has 82 valence electrons. The number of benzene rings is 1. The predicted molar refractivity (Wildman–Crippen MR) is 68.4 cm³/mol. The maximum atomic E-state index is 5.57. The van der Waals surface area contributed by atoms with Crippen LogP contribution in [-0.2, 0) is 0 Å². The molecule has 0 aliphatic rings. The molecule has 0 radical (unpaired) electrons. The highest BCUT2D eigenvalue weighted by molar-refractivity contribution is 9.10. The van der Waals surface area contributed by atoms with Crippen molar-refractivity contribution in [3.63, 3.8) is 0 Å². The number of nitrogens with two attached hydrogens (primary N) is 1. The van der Waals surface area contributed by atoms with Gasteiger partial charge in [0.2, 0.25) is 0 Å². The van der Waals surface area contributed by atoms with Gasteiger partial charge in [0.15, 0.2) is 0 Å². The average Bonchev–Trinajstić information content (AvgIpc) is 2.20. The summed E-state index contributed by atoms with van der Waals surface area (Å²) in [5.41, 5.74) is 5.57. The fourth-order valence-electron chi connectivity index (χ4n) is 1.07. The highest BCUT2D eigenvalue weighted by atomic mass is 79.9. The smallest absolute Gasteiger partial charge is 0.325 e. The molecule has 0 atom stereocenters. The third-order valence-corrected chi connectivity index (χ3v) is 2.65. The number of halogens is 2. The van der Waals surface area contributed by atoms with Crippen molar-refractivity contribution in [3.05, 3.63) is 39.4 Å². The van der Waals surface area contributed by atoms with Crippen molar-refractivity contribution in [2.75, 3.05) is 5.73 Å². The number of rotatable bonds is 2. The zero-order valence-electron chi connectivity index (χ0n) is 8.02. The maximum Gasteiger partial charge on any atom is 0.325 e. The molecule has 0 amide bonds. The molecule has 2 rings (SSSR count). The van der Waals surface area contributed by atoms with E-state index in [4.69, 9.17) is 10.5 Å². The Balaban J connectivity index is 2.23. The Morgan fingerprint density at radius 1 is 1.06 bits per heavy atom. The van der Waals surface area contributed by atoms with E-state index < -0.39 is 0 Å². The van der Waals surface area contributed by atoms with Crippen molar-refractivity contribution in [2.24, 2.45) is 0 Å². The van der Waals surface area contributed by atoms with Gasteiger partial charge in [-0.05, 0) is 40.2 Å². The molecule has 2 aromatic rings. The van der Waals surface area contributed by atoms with Crippen LogP contribution < -0.4 is 10.5 Å². The molecule has 1 aromatic heterocycles. The van der Waals surface area contributed by atoms with Gasteiger partial charge in [-0.15, -0.1) is 0 Å². The number of anilines is 1. The summed E-state index contributed by atoms with van der Waals surface area (Å²) in [4.78, 5) is 8.00. The maximum absolute atomic E-state index is 5.57. The second-order valence-corrected chi connectivity index (χ2v) is 4.68. The Morgan fingerprint density at radius 2 is 1.75 bits per heavy atom. The molecule has 0 spiro atoms. The lowest BCUT2D eigenvalue weighted by atomic mass is 10.3. The molecule has 0 saturated heterocycles. The van der Waals surface area contributed by atoms with Crippen LogP contribution in [0.15, 0.2) is 39.4 Å². The van der Waals surface area contributed by atoms with Crippen LogP contribution in [0.25, 0.3) is 0 Å². The molecule has 4 nitrogen and oxygen atoms in total. The number of hydrogen-bond acceptors (Lipinski definition) is 4. The first kappa shape index (κ1) is 11.3.